The van der Waals surface area contributed by atoms with Crippen LogP contribution in [0.1, 0.15) is 10.4 Å². The fraction of sp³-hybridized carbons (Fsp3) is 0. The average Bonchev–Trinajstić information content (AvgIpc) is 2.91. The maximum absolute atomic E-state index is 12.3. The summed E-state index contributed by atoms with van der Waals surface area (Å²) in [4.78, 5) is 12.3. The van der Waals surface area contributed by atoms with Gasteiger partial charge in [-0.15, -0.1) is 0 Å². The van der Waals surface area contributed by atoms with Gasteiger partial charge in [0.1, 0.15) is 11.0 Å². The van der Waals surface area contributed by atoms with E-state index in [1.54, 1.807) is 24.3 Å². The summed E-state index contributed by atoms with van der Waals surface area (Å²) >= 11 is 10.6. The summed E-state index contributed by atoms with van der Waals surface area (Å²) in [5, 5.41) is 3.24. The van der Waals surface area contributed by atoms with Gasteiger partial charge in [0, 0.05) is 4.47 Å². The summed E-state index contributed by atoms with van der Waals surface area (Å²) in [6.07, 6.45) is 0. The molecule has 3 aromatic rings. The van der Waals surface area contributed by atoms with E-state index < -0.39 is 0 Å². The van der Waals surface area contributed by atoms with Crippen molar-refractivity contribution < 1.29 is 4.79 Å². The molecule has 0 spiro atoms. The maximum atomic E-state index is 12.3. The normalized spacial score (nSPS) is 10.7. The van der Waals surface area contributed by atoms with Crippen LogP contribution in [-0.2, 0) is 0 Å². The number of carbonyl (C=O) groups excluding carboxylic acids is 1. The van der Waals surface area contributed by atoms with Gasteiger partial charge in [0.2, 0.25) is 0 Å². The van der Waals surface area contributed by atoms with Crippen LogP contribution in [0.3, 0.4) is 0 Å². The third kappa shape index (κ3) is 2.42. The smallest absolute Gasteiger partial charge is 0.256 e. The van der Waals surface area contributed by atoms with Gasteiger partial charge in [0.05, 0.1) is 28.0 Å². The monoisotopic (exact) mass is 367 g/mol. The minimum absolute atomic E-state index is 0.250. The van der Waals surface area contributed by atoms with E-state index in [0.29, 0.717) is 27.3 Å². The van der Waals surface area contributed by atoms with E-state index in [1.165, 1.54) is 0 Å². The van der Waals surface area contributed by atoms with Crippen molar-refractivity contribution in [1.29, 1.82) is 0 Å². The van der Waals surface area contributed by atoms with Crippen molar-refractivity contribution in [3.05, 3.63) is 51.5 Å². The zero-order valence-corrected chi connectivity index (χ0v) is 13.1. The van der Waals surface area contributed by atoms with E-state index in [9.17, 15) is 4.79 Å². The van der Waals surface area contributed by atoms with Gasteiger partial charge in [0.15, 0.2) is 0 Å². The molecule has 1 amide bonds. The van der Waals surface area contributed by atoms with Gasteiger partial charge < -0.3 is 5.32 Å². The second-order valence-corrected chi connectivity index (χ2v) is 5.78. The average molecular weight is 369 g/mol. The SMILES string of the molecule is O=C(Nc1c(Cl)ccc2nsnc12)c1ccccc1Br. The number of fused-ring (bicyclic) bond motifs is 1. The molecular formula is C13H7BrClN3OS. The van der Waals surface area contributed by atoms with E-state index in [0.717, 1.165) is 16.2 Å². The number of amides is 1. The molecule has 2 aromatic carbocycles. The number of benzene rings is 2. The molecule has 0 atom stereocenters. The Morgan fingerprint density at radius 2 is 2.00 bits per heavy atom. The molecule has 3 rings (SSSR count). The van der Waals surface area contributed by atoms with Crippen LogP contribution in [0.2, 0.25) is 5.02 Å². The molecule has 0 aliphatic carbocycles. The lowest BCUT2D eigenvalue weighted by Crippen LogP contribution is -2.13. The van der Waals surface area contributed by atoms with Gasteiger partial charge in [0.25, 0.3) is 5.91 Å². The van der Waals surface area contributed by atoms with Crippen LogP contribution in [0.5, 0.6) is 0 Å². The molecule has 0 radical (unpaired) electrons. The largest absolute Gasteiger partial charge is 0.319 e. The zero-order chi connectivity index (χ0) is 14.1. The van der Waals surface area contributed by atoms with Crippen molar-refractivity contribution in [2.45, 2.75) is 0 Å². The second kappa shape index (κ2) is 5.47. The molecule has 4 nitrogen and oxygen atoms in total. The second-order valence-electron chi connectivity index (χ2n) is 3.99. The first-order valence-electron chi connectivity index (χ1n) is 5.63. The number of aromatic nitrogens is 2. The first-order valence-corrected chi connectivity index (χ1v) is 7.53. The summed E-state index contributed by atoms with van der Waals surface area (Å²) in [6, 6.07) is 10.6. The van der Waals surface area contributed by atoms with Crippen molar-refractivity contribution in [3.63, 3.8) is 0 Å². The Morgan fingerprint density at radius 3 is 2.80 bits per heavy atom. The van der Waals surface area contributed by atoms with Gasteiger partial charge in [-0.3, -0.25) is 4.79 Å². The number of hydrogen-bond donors (Lipinski definition) is 1. The Morgan fingerprint density at radius 1 is 1.20 bits per heavy atom. The summed E-state index contributed by atoms with van der Waals surface area (Å²) in [5.41, 5.74) is 2.33. The number of nitrogens with zero attached hydrogens (tertiary/aromatic N) is 2. The van der Waals surface area contributed by atoms with Gasteiger partial charge in [-0.25, -0.2) is 0 Å². The van der Waals surface area contributed by atoms with E-state index in [-0.39, 0.29) is 5.91 Å². The standard InChI is InChI=1S/C13H7BrClN3OS/c14-8-4-2-1-3-7(8)13(19)16-11-9(15)5-6-10-12(11)18-20-17-10/h1-6H,(H,16,19). The summed E-state index contributed by atoms with van der Waals surface area (Å²) in [5.74, 6) is -0.250. The Labute approximate surface area is 132 Å². The highest BCUT2D eigenvalue weighted by Crippen LogP contribution is 2.30. The first-order chi connectivity index (χ1) is 9.66. The van der Waals surface area contributed by atoms with Crippen molar-refractivity contribution >= 4 is 61.9 Å². The molecule has 0 aliphatic heterocycles. The number of halogens is 2. The van der Waals surface area contributed by atoms with Crippen LogP contribution < -0.4 is 5.32 Å². The first kappa shape index (κ1) is 13.5. The molecule has 0 saturated carbocycles. The third-order valence-electron chi connectivity index (χ3n) is 2.73. The minimum atomic E-state index is -0.250. The lowest BCUT2D eigenvalue weighted by Gasteiger charge is -2.08. The predicted octanol–water partition coefficient (Wildman–Crippen LogP) is 4.36. The Bertz CT molecular complexity index is 805. The molecule has 0 fully saturated rings. The fourth-order valence-electron chi connectivity index (χ4n) is 1.77. The van der Waals surface area contributed by atoms with Crippen LogP contribution in [-0.4, -0.2) is 14.7 Å². The van der Waals surface area contributed by atoms with Crippen LogP contribution in [0.25, 0.3) is 11.0 Å². The highest BCUT2D eigenvalue weighted by molar-refractivity contribution is 9.10. The van der Waals surface area contributed by atoms with E-state index in [1.807, 2.05) is 12.1 Å². The van der Waals surface area contributed by atoms with Gasteiger partial charge in [-0.1, -0.05) is 23.7 Å². The summed E-state index contributed by atoms with van der Waals surface area (Å²) in [6.45, 7) is 0. The molecular weight excluding hydrogens is 362 g/mol. The number of rotatable bonds is 2. The Hall–Kier alpha value is -1.50. The molecule has 1 heterocycles. The van der Waals surface area contributed by atoms with Crippen molar-refractivity contribution in [3.8, 4) is 0 Å². The molecule has 100 valence electrons. The van der Waals surface area contributed by atoms with Gasteiger partial charge in [-0.05, 0) is 40.2 Å². The number of nitrogens with one attached hydrogen (secondary N) is 1. The van der Waals surface area contributed by atoms with Crippen LogP contribution in [0.4, 0.5) is 5.69 Å². The number of carbonyl (C=O) groups is 1. The Balaban J connectivity index is 2.01. The van der Waals surface area contributed by atoms with Crippen molar-refractivity contribution in [2.24, 2.45) is 0 Å². The number of anilines is 1. The molecule has 0 unspecified atom stereocenters. The molecule has 1 N–H and O–H groups in total. The van der Waals surface area contributed by atoms with Crippen LogP contribution in [0, 0.1) is 0 Å². The van der Waals surface area contributed by atoms with E-state index >= 15 is 0 Å². The number of hydrogen-bond acceptors (Lipinski definition) is 4. The highest BCUT2D eigenvalue weighted by Gasteiger charge is 2.15. The molecule has 0 bridgehead atoms. The molecule has 7 heteroatoms. The lowest BCUT2D eigenvalue weighted by molar-refractivity contribution is 0.102. The summed E-state index contributed by atoms with van der Waals surface area (Å²) in [7, 11) is 0. The topological polar surface area (TPSA) is 54.9 Å². The van der Waals surface area contributed by atoms with E-state index in [4.69, 9.17) is 11.6 Å². The zero-order valence-electron chi connectivity index (χ0n) is 9.93. The van der Waals surface area contributed by atoms with Crippen molar-refractivity contribution in [1.82, 2.24) is 8.75 Å². The molecule has 20 heavy (non-hydrogen) atoms. The Kier molecular flexibility index (Phi) is 3.69. The third-order valence-corrected chi connectivity index (χ3v) is 4.28. The van der Waals surface area contributed by atoms with Crippen LogP contribution in [0.15, 0.2) is 40.9 Å². The summed E-state index contributed by atoms with van der Waals surface area (Å²) < 4.78 is 9.02. The van der Waals surface area contributed by atoms with E-state index in [2.05, 4.69) is 30.0 Å². The molecule has 1 aromatic heterocycles. The van der Waals surface area contributed by atoms with Crippen molar-refractivity contribution in [2.75, 3.05) is 5.32 Å². The molecule has 0 aliphatic rings. The minimum Gasteiger partial charge on any atom is -0.319 e. The van der Waals surface area contributed by atoms with Gasteiger partial charge in [-0.2, -0.15) is 8.75 Å². The predicted molar refractivity (Wildman–Crippen MR) is 84.5 cm³/mol. The fourth-order valence-corrected chi connectivity index (χ4v) is 2.98. The van der Waals surface area contributed by atoms with Gasteiger partial charge >= 0.3 is 0 Å². The van der Waals surface area contributed by atoms with Crippen LogP contribution >= 0.6 is 39.3 Å². The quantitative estimate of drug-likeness (QED) is 0.731. The maximum Gasteiger partial charge on any atom is 0.256 e. The highest BCUT2D eigenvalue weighted by atomic mass is 79.9. The molecule has 0 saturated heterocycles. The lowest BCUT2D eigenvalue weighted by atomic mass is 10.2.